The van der Waals surface area contributed by atoms with Gasteiger partial charge in [0, 0.05) is 19.2 Å². The minimum atomic E-state index is -0.507. The van der Waals surface area contributed by atoms with Crippen molar-refractivity contribution < 1.29 is 23.9 Å². The Morgan fingerprint density at radius 2 is 1.72 bits per heavy atom. The Hall–Kier alpha value is -2.19. The number of amides is 3. The third-order valence-electron chi connectivity index (χ3n) is 4.30. The first-order chi connectivity index (χ1) is 13.9. The van der Waals surface area contributed by atoms with Gasteiger partial charge in [0.1, 0.15) is 6.54 Å². The second kappa shape index (κ2) is 10.5. The van der Waals surface area contributed by atoms with Crippen LogP contribution in [0.1, 0.15) is 32.3 Å². The van der Waals surface area contributed by atoms with Crippen LogP contribution in [0.15, 0.2) is 17.0 Å². The van der Waals surface area contributed by atoms with Crippen LogP contribution < -0.4 is 9.47 Å². The quantitative estimate of drug-likeness (QED) is 0.539. The number of benzene rings is 1. The summed E-state index contributed by atoms with van der Waals surface area (Å²) in [5.41, 5.74) is 0.514. The average molecular weight is 441 g/mol. The highest BCUT2D eigenvalue weighted by Crippen LogP contribution is 2.37. The lowest BCUT2D eigenvalue weighted by Crippen LogP contribution is -2.42. The summed E-state index contributed by atoms with van der Waals surface area (Å²) in [6.07, 6.45) is 3.15. The molecule has 1 saturated heterocycles. The van der Waals surface area contributed by atoms with Crippen LogP contribution in [0.3, 0.4) is 0 Å². The molecule has 0 bridgehead atoms. The number of carbonyl (C=O) groups excluding carboxylic acids is 3. The van der Waals surface area contributed by atoms with Crippen LogP contribution in [0.25, 0.3) is 6.08 Å². The molecule has 0 aromatic heterocycles. The molecule has 158 valence electrons. The minimum Gasteiger partial charge on any atom is -0.493 e. The highest BCUT2D eigenvalue weighted by molar-refractivity contribution is 8.18. The van der Waals surface area contributed by atoms with E-state index in [0.717, 1.165) is 29.5 Å². The molecule has 0 unspecified atom stereocenters. The second-order valence-electron chi connectivity index (χ2n) is 6.38. The Kier molecular flexibility index (Phi) is 8.40. The van der Waals surface area contributed by atoms with E-state index in [1.54, 1.807) is 17.0 Å². The SMILES string of the molecule is CCCN(CCC)C(=O)CN1C(=O)S/C(=C\c2cc(OC)c(OC)cc2Cl)C1=O. The Morgan fingerprint density at radius 1 is 1.14 bits per heavy atom. The van der Waals surface area contributed by atoms with Gasteiger partial charge in [-0.25, -0.2) is 0 Å². The molecule has 0 saturated carbocycles. The van der Waals surface area contributed by atoms with Gasteiger partial charge < -0.3 is 14.4 Å². The van der Waals surface area contributed by atoms with Crippen molar-refractivity contribution in [3.63, 3.8) is 0 Å². The van der Waals surface area contributed by atoms with Crippen molar-refractivity contribution in [2.75, 3.05) is 33.9 Å². The maximum absolute atomic E-state index is 12.7. The first-order valence-electron chi connectivity index (χ1n) is 9.30. The Balaban J connectivity index is 2.23. The van der Waals surface area contributed by atoms with Crippen LogP contribution in [0, 0.1) is 0 Å². The van der Waals surface area contributed by atoms with Crippen LogP contribution >= 0.6 is 23.4 Å². The number of methoxy groups -OCH3 is 2. The number of hydrogen-bond donors (Lipinski definition) is 0. The summed E-state index contributed by atoms with van der Waals surface area (Å²) in [6.45, 7) is 4.89. The minimum absolute atomic E-state index is 0.203. The average Bonchev–Trinajstić information content (AvgIpc) is 2.96. The van der Waals surface area contributed by atoms with Crippen LogP contribution in [-0.2, 0) is 9.59 Å². The predicted octanol–water partition coefficient (Wildman–Crippen LogP) is 4.04. The zero-order valence-corrected chi connectivity index (χ0v) is 18.6. The van der Waals surface area contributed by atoms with Crippen molar-refractivity contribution in [1.82, 2.24) is 9.80 Å². The molecular formula is C20H25ClN2O5S. The fourth-order valence-corrected chi connectivity index (χ4v) is 3.93. The van der Waals surface area contributed by atoms with Gasteiger partial charge in [0.05, 0.1) is 24.1 Å². The first-order valence-corrected chi connectivity index (χ1v) is 10.5. The number of carbonyl (C=O) groups is 3. The molecule has 0 atom stereocenters. The number of thioether (sulfide) groups is 1. The summed E-state index contributed by atoms with van der Waals surface area (Å²) < 4.78 is 10.5. The molecule has 9 heteroatoms. The first kappa shape index (κ1) is 23.1. The molecule has 1 aromatic carbocycles. The van der Waals surface area contributed by atoms with E-state index in [0.29, 0.717) is 35.2 Å². The molecule has 0 N–H and O–H groups in total. The summed E-state index contributed by atoms with van der Waals surface area (Å²) >= 11 is 7.06. The van der Waals surface area contributed by atoms with E-state index >= 15 is 0 Å². The topological polar surface area (TPSA) is 76.2 Å². The monoisotopic (exact) mass is 440 g/mol. The fourth-order valence-electron chi connectivity index (χ4n) is 2.89. The molecule has 0 spiro atoms. The zero-order chi connectivity index (χ0) is 21.6. The lowest BCUT2D eigenvalue weighted by Gasteiger charge is -2.23. The van der Waals surface area contributed by atoms with Gasteiger partial charge in [-0.3, -0.25) is 19.3 Å². The fraction of sp³-hybridized carbons (Fsp3) is 0.450. The molecular weight excluding hydrogens is 416 g/mol. The maximum atomic E-state index is 12.7. The van der Waals surface area contributed by atoms with Gasteiger partial charge in [0.2, 0.25) is 5.91 Å². The van der Waals surface area contributed by atoms with Crippen molar-refractivity contribution >= 4 is 46.5 Å². The van der Waals surface area contributed by atoms with E-state index < -0.39 is 11.1 Å². The number of ether oxygens (including phenoxy) is 2. The number of hydrogen-bond acceptors (Lipinski definition) is 6. The standard InChI is InChI=1S/C20H25ClN2O5S/c1-5-7-22(8-6-2)18(24)12-23-19(25)17(29-20(23)26)10-13-9-15(27-3)16(28-4)11-14(13)21/h9-11H,5-8,12H2,1-4H3/b17-10-. The van der Waals surface area contributed by atoms with Gasteiger partial charge in [-0.2, -0.15) is 0 Å². The Labute approximate surface area is 180 Å². The summed E-state index contributed by atoms with van der Waals surface area (Å²) in [4.78, 5) is 40.5. The molecule has 1 fully saturated rings. The molecule has 0 aliphatic carbocycles. The van der Waals surface area contributed by atoms with Crippen molar-refractivity contribution in [1.29, 1.82) is 0 Å². The van der Waals surface area contributed by atoms with Gasteiger partial charge in [-0.1, -0.05) is 25.4 Å². The third-order valence-corrected chi connectivity index (χ3v) is 5.53. The molecule has 1 heterocycles. The smallest absolute Gasteiger partial charge is 0.294 e. The van der Waals surface area contributed by atoms with Gasteiger partial charge in [0.15, 0.2) is 11.5 Å². The molecule has 29 heavy (non-hydrogen) atoms. The highest BCUT2D eigenvalue weighted by atomic mass is 35.5. The second-order valence-corrected chi connectivity index (χ2v) is 7.78. The molecule has 3 amide bonds. The normalized spacial score (nSPS) is 15.2. The highest BCUT2D eigenvalue weighted by Gasteiger charge is 2.37. The van der Waals surface area contributed by atoms with Crippen molar-refractivity contribution in [3.05, 3.63) is 27.6 Å². The van der Waals surface area contributed by atoms with Crippen molar-refractivity contribution in [2.24, 2.45) is 0 Å². The van der Waals surface area contributed by atoms with Gasteiger partial charge in [0.25, 0.3) is 11.1 Å². The summed E-state index contributed by atoms with van der Waals surface area (Å²) in [5, 5.41) is -0.123. The molecule has 1 aliphatic heterocycles. The van der Waals surface area contributed by atoms with E-state index in [9.17, 15) is 14.4 Å². The summed E-state index contributed by atoms with van der Waals surface area (Å²) in [6, 6.07) is 3.21. The number of halogens is 1. The maximum Gasteiger partial charge on any atom is 0.294 e. The number of imide groups is 1. The largest absolute Gasteiger partial charge is 0.493 e. The molecule has 7 nitrogen and oxygen atoms in total. The molecule has 1 aromatic rings. The van der Waals surface area contributed by atoms with E-state index in [1.807, 2.05) is 13.8 Å². The molecule has 0 radical (unpaired) electrons. The van der Waals surface area contributed by atoms with E-state index in [1.165, 1.54) is 20.3 Å². The van der Waals surface area contributed by atoms with Crippen LogP contribution in [0.4, 0.5) is 4.79 Å². The summed E-state index contributed by atoms with van der Waals surface area (Å²) in [7, 11) is 2.99. The number of nitrogens with zero attached hydrogens (tertiary/aromatic N) is 2. The lowest BCUT2D eigenvalue weighted by atomic mass is 10.1. The van der Waals surface area contributed by atoms with Crippen LogP contribution in [-0.4, -0.2) is 60.7 Å². The zero-order valence-electron chi connectivity index (χ0n) is 17.0. The third kappa shape index (κ3) is 5.45. The van der Waals surface area contributed by atoms with Gasteiger partial charge >= 0.3 is 0 Å². The Bertz CT molecular complexity index is 821. The van der Waals surface area contributed by atoms with E-state index in [2.05, 4.69) is 0 Å². The van der Waals surface area contributed by atoms with E-state index in [-0.39, 0.29) is 17.4 Å². The van der Waals surface area contributed by atoms with Gasteiger partial charge in [-0.05, 0) is 42.3 Å². The number of rotatable bonds is 9. The molecule has 1 aliphatic rings. The lowest BCUT2D eigenvalue weighted by molar-refractivity contribution is -0.135. The van der Waals surface area contributed by atoms with Crippen molar-refractivity contribution in [2.45, 2.75) is 26.7 Å². The Morgan fingerprint density at radius 3 is 2.28 bits per heavy atom. The van der Waals surface area contributed by atoms with Crippen molar-refractivity contribution in [3.8, 4) is 11.5 Å². The summed E-state index contributed by atoms with van der Waals surface area (Å²) in [5.74, 6) is 0.168. The molecule has 2 rings (SSSR count). The van der Waals surface area contributed by atoms with E-state index in [4.69, 9.17) is 21.1 Å². The van der Waals surface area contributed by atoms with Crippen LogP contribution in [0.2, 0.25) is 5.02 Å². The predicted molar refractivity (Wildman–Crippen MR) is 114 cm³/mol. The van der Waals surface area contributed by atoms with Crippen LogP contribution in [0.5, 0.6) is 11.5 Å². The van der Waals surface area contributed by atoms with Gasteiger partial charge in [-0.15, -0.1) is 0 Å².